The number of hydrogen-bond donors (Lipinski definition) is 4. The third kappa shape index (κ3) is 7.63. The van der Waals surface area contributed by atoms with Gasteiger partial charge in [0, 0.05) is 32.2 Å². The van der Waals surface area contributed by atoms with E-state index < -0.39 is 74.1 Å². The summed E-state index contributed by atoms with van der Waals surface area (Å²) in [6, 6.07) is -3.08. The standard InChI is InChI=1S/C33H56N6O7S/c1-12-18-15-33(18,25(40)27(42)34-19-13-14-19)37-26(41)23-22-20(32(22,8)9)16-39(23)28(43)24(31(5,6)7)36-29(44)35-21(30(2,3)4)17-38(10)47(11,45)46/h18-24H,12-17H2,1-11H3,(H,34,42)(H,37,41)(H2,35,36,44)/t18-,20-,21+,22-,23-,24+,33+/m0/s1. The molecule has 0 radical (unpaired) electrons. The second-order valence-electron chi connectivity index (χ2n) is 17.1. The first-order valence-electron chi connectivity index (χ1n) is 16.8. The maximum Gasteiger partial charge on any atom is 0.315 e. The Bertz CT molecular complexity index is 1410. The Kier molecular flexibility index (Phi) is 9.70. The van der Waals surface area contributed by atoms with Crippen molar-refractivity contribution in [3.05, 3.63) is 0 Å². The van der Waals surface area contributed by atoms with Gasteiger partial charge in [-0.2, -0.15) is 0 Å². The highest BCUT2D eigenvalue weighted by molar-refractivity contribution is 7.88. The summed E-state index contributed by atoms with van der Waals surface area (Å²) in [5.41, 5.74) is -2.73. The normalized spacial score (nSPS) is 29.3. The minimum Gasteiger partial charge on any atom is -0.347 e. The number of likely N-dealkylation sites (tertiary alicyclic amines) is 1. The van der Waals surface area contributed by atoms with Crippen LogP contribution >= 0.6 is 0 Å². The van der Waals surface area contributed by atoms with E-state index >= 15 is 0 Å². The zero-order chi connectivity index (χ0) is 35.7. The van der Waals surface area contributed by atoms with Crippen LogP contribution in [0.5, 0.6) is 0 Å². The number of hydrogen-bond acceptors (Lipinski definition) is 7. The fourth-order valence-electron chi connectivity index (χ4n) is 7.17. The summed E-state index contributed by atoms with van der Waals surface area (Å²) in [4.78, 5) is 69.7. The summed E-state index contributed by atoms with van der Waals surface area (Å²) in [7, 11) is -2.05. The number of nitrogens with one attached hydrogen (secondary N) is 4. The van der Waals surface area contributed by atoms with E-state index in [1.54, 1.807) is 0 Å². The fraction of sp³-hybridized carbons (Fsp3) is 0.848. The summed E-state index contributed by atoms with van der Waals surface area (Å²) in [5, 5.41) is 11.4. The highest BCUT2D eigenvalue weighted by Crippen LogP contribution is 2.65. The molecule has 13 nitrogen and oxygen atoms in total. The number of fused-ring (bicyclic) bond motifs is 1. The topological polar surface area (TPSA) is 174 Å². The van der Waals surface area contributed by atoms with E-state index in [9.17, 15) is 32.4 Å². The van der Waals surface area contributed by atoms with Crippen molar-refractivity contribution in [3.63, 3.8) is 0 Å². The Labute approximate surface area is 280 Å². The molecule has 0 spiro atoms. The fourth-order valence-corrected chi connectivity index (χ4v) is 7.59. The number of carbonyl (C=O) groups excluding carboxylic acids is 5. The van der Waals surface area contributed by atoms with Crippen molar-refractivity contribution in [2.75, 3.05) is 26.4 Å². The number of amides is 5. The number of carbonyl (C=O) groups is 5. The van der Waals surface area contributed by atoms with Crippen molar-refractivity contribution in [1.82, 2.24) is 30.5 Å². The maximum absolute atomic E-state index is 14.4. The number of likely N-dealkylation sites (N-methyl/N-ethyl adjacent to an activating group) is 1. The molecule has 0 bridgehead atoms. The zero-order valence-corrected chi connectivity index (χ0v) is 30.8. The van der Waals surface area contributed by atoms with Crippen LogP contribution in [0.1, 0.15) is 88.0 Å². The number of rotatable bonds is 12. The van der Waals surface area contributed by atoms with Crippen molar-refractivity contribution in [2.45, 2.75) is 118 Å². The van der Waals surface area contributed by atoms with Crippen LogP contribution in [-0.2, 0) is 29.2 Å². The van der Waals surface area contributed by atoms with E-state index in [-0.39, 0.29) is 35.8 Å². The van der Waals surface area contributed by atoms with Gasteiger partial charge >= 0.3 is 6.03 Å². The zero-order valence-electron chi connectivity index (χ0n) is 29.9. The first kappa shape index (κ1) is 37.1. The first-order chi connectivity index (χ1) is 21.4. The van der Waals surface area contributed by atoms with Crippen molar-refractivity contribution in [1.29, 1.82) is 0 Å². The monoisotopic (exact) mass is 680 g/mol. The molecule has 0 unspecified atom stereocenters. The van der Waals surface area contributed by atoms with Gasteiger partial charge in [-0.15, -0.1) is 0 Å². The Hall–Kier alpha value is -2.74. The van der Waals surface area contributed by atoms with Crippen molar-refractivity contribution < 1.29 is 32.4 Å². The largest absolute Gasteiger partial charge is 0.347 e. The highest BCUT2D eigenvalue weighted by Gasteiger charge is 2.71. The molecule has 4 N–H and O–H groups in total. The van der Waals surface area contributed by atoms with Gasteiger partial charge in [0.15, 0.2) is 0 Å². The van der Waals surface area contributed by atoms with Gasteiger partial charge in [-0.3, -0.25) is 19.2 Å². The molecule has 0 aromatic carbocycles. The molecule has 1 aliphatic heterocycles. The molecule has 266 valence electrons. The van der Waals surface area contributed by atoms with Crippen LogP contribution in [0, 0.1) is 34.0 Å². The van der Waals surface area contributed by atoms with Crippen LogP contribution in [0.15, 0.2) is 0 Å². The molecule has 1 heterocycles. The molecule has 4 rings (SSSR count). The minimum absolute atomic E-state index is 0.00676. The number of nitrogens with zero attached hydrogens (tertiary/aromatic N) is 2. The van der Waals surface area contributed by atoms with Gasteiger partial charge in [-0.1, -0.05) is 68.7 Å². The second kappa shape index (κ2) is 12.3. The molecule has 3 aliphatic carbocycles. The molecular formula is C33H56N6O7S. The summed E-state index contributed by atoms with van der Waals surface area (Å²) >= 11 is 0. The lowest BCUT2D eigenvalue weighted by Gasteiger charge is -2.39. The first-order valence-corrected chi connectivity index (χ1v) is 18.7. The van der Waals surface area contributed by atoms with Gasteiger partial charge in [-0.25, -0.2) is 17.5 Å². The van der Waals surface area contributed by atoms with E-state index in [0.717, 1.165) is 19.1 Å². The summed E-state index contributed by atoms with van der Waals surface area (Å²) in [6.45, 7) is 17.5. The van der Waals surface area contributed by atoms with Gasteiger partial charge in [0.2, 0.25) is 27.6 Å². The average Bonchev–Trinajstić information content (AvgIpc) is 3.88. The molecule has 7 atom stereocenters. The van der Waals surface area contributed by atoms with E-state index in [1.165, 1.54) is 16.3 Å². The van der Waals surface area contributed by atoms with Crippen LogP contribution in [-0.4, -0.2) is 103 Å². The second-order valence-corrected chi connectivity index (χ2v) is 19.2. The van der Waals surface area contributed by atoms with E-state index in [1.807, 2.05) is 48.5 Å². The van der Waals surface area contributed by atoms with Gasteiger partial charge < -0.3 is 26.2 Å². The molecule has 47 heavy (non-hydrogen) atoms. The summed E-state index contributed by atoms with van der Waals surface area (Å²) in [6.07, 6.45) is 3.76. The number of sulfonamides is 1. The lowest BCUT2D eigenvalue weighted by Crippen LogP contribution is -2.63. The quantitative estimate of drug-likeness (QED) is 0.227. The van der Waals surface area contributed by atoms with Crippen molar-refractivity contribution in [2.24, 2.45) is 34.0 Å². The van der Waals surface area contributed by atoms with Crippen LogP contribution in [0.2, 0.25) is 0 Å². The third-order valence-electron chi connectivity index (χ3n) is 11.0. The average molecular weight is 681 g/mol. The summed E-state index contributed by atoms with van der Waals surface area (Å²) < 4.78 is 25.4. The molecule has 5 amide bonds. The molecule has 0 aromatic rings. The Morgan fingerprint density at radius 3 is 2.04 bits per heavy atom. The molecule has 4 fully saturated rings. The molecule has 4 aliphatic rings. The van der Waals surface area contributed by atoms with Crippen molar-refractivity contribution in [3.8, 4) is 0 Å². The molecular weight excluding hydrogens is 624 g/mol. The van der Waals surface area contributed by atoms with Gasteiger partial charge in [-0.05, 0) is 53.3 Å². The molecule has 0 aromatic heterocycles. The number of Topliss-reactive ketones (excluding diaryl/α,β-unsaturated/α-hetero) is 1. The number of ketones is 1. The van der Waals surface area contributed by atoms with Crippen LogP contribution in [0.3, 0.4) is 0 Å². The van der Waals surface area contributed by atoms with E-state index in [4.69, 9.17) is 0 Å². The predicted octanol–water partition coefficient (Wildman–Crippen LogP) is 1.62. The third-order valence-corrected chi connectivity index (χ3v) is 12.3. The van der Waals surface area contributed by atoms with E-state index in [2.05, 4.69) is 35.1 Å². The maximum atomic E-state index is 14.4. The van der Waals surface area contributed by atoms with Crippen LogP contribution in [0.25, 0.3) is 0 Å². The van der Waals surface area contributed by atoms with Crippen LogP contribution < -0.4 is 21.3 Å². The smallest absolute Gasteiger partial charge is 0.315 e. The number of piperidine rings is 1. The van der Waals surface area contributed by atoms with Gasteiger partial charge in [0.25, 0.3) is 5.91 Å². The molecule has 14 heteroatoms. The summed E-state index contributed by atoms with van der Waals surface area (Å²) in [5.74, 6) is -2.40. The molecule has 1 saturated heterocycles. The number of urea groups is 1. The lowest BCUT2D eigenvalue weighted by atomic mass is 9.85. The Morgan fingerprint density at radius 1 is 0.979 bits per heavy atom. The Balaban J connectivity index is 1.54. The van der Waals surface area contributed by atoms with Crippen molar-refractivity contribution >= 4 is 39.6 Å². The predicted molar refractivity (Wildman–Crippen MR) is 177 cm³/mol. The van der Waals surface area contributed by atoms with Gasteiger partial charge in [0.05, 0.1) is 6.26 Å². The van der Waals surface area contributed by atoms with Gasteiger partial charge in [0.1, 0.15) is 17.6 Å². The van der Waals surface area contributed by atoms with E-state index in [0.29, 0.717) is 19.4 Å². The van der Waals surface area contributed by atoms with Crippen LogP contribution in [0.4, 0.5) is 4.79 Å². The Morgan fingerprint density at radius 2 is 1.57 bits per heavy atom. The lowest BCUT2D eigenvalue weighted by molar-refractivity contribution is -0.146. The molecule has 3 saturated carbocycles. The highest BCUT2D eigenvalue weighted by atomic mass is 32.2. The SMILES string of the molecule is CC[C@H]1C[C@]1(NC(=O)[C@@H]1[C@@H]2[C@H](CN1C(=O)[C@@H](NC(=O)N[C@H](CN(C)S(C)(=O)=O)C(C)(C)C)C(C)(C)C)C2(C)C)C(=O)C(=O)NC1CC1. The minimum atomic E-state index is -3.50.